The molecule has 0 bridgehead atoms. The van der Waals surface area contributed by atoms with Crippen LogP contribution < -0.4 is 9.80 Å². The van der Waals surface area contributed by atoms with Crippen LogP contribution in [0.5, 0.6) is 0 Å². The van der Waals surface area contributed by atoms with Gasteiger partial charge in [-0.1, -0.05) is 43.3 Å². The van der Waals surface area contributed by atoms with E-state index in [0.29, 0.717) is 5.28 Å². The van der Waals surface area contributed by atoms with Crippen molar-refractivity contribution in [2.24, 2.45) is 0 Å². The maximum absolute atomic E-state index is 6.41. The molecule has 0 radical (unpaired) electrons. The van der Waals surface area contributed by atoms with E-state index in [1.54, 1.807) is 11.3 Å². The Balaban J connectivity index is 1.57. The van der Waals surface area contributed by atoms with Crippen LogP contribution in [0.3, 0.4) is 0 Å². The van der Waals surface area contributed by atoms with E-state index < -0.39 is 0 Å². The fourth-order valence-corrected chi connectivity index (χ4v) is 5.84. The smallest absolute Gasteiger partial charge is 0.225 e. The second-order valence-corrected chi connectivity index (χ2v) is 9.78. The number of rotatable bonds is 4. The van der Waals surface area contributed by atoms with E-state index in [1.165, 1.54) is 32.8 Å². The molecule has 0 saturated carbocycles. The van der Waals surface area contributed by atoms with Gasteiger partial charge in [0.1, 0.15) is 10.6 Å². The number of nitrogens with zero attached hydrogens (tertiary/aromatic N) is 4. The first-order valence-electron chi connectivity index (χ1n) is 11.2. The first kappa shape index (κ1) is 21.2. The molecule has 164 valence electrons. The molecule has 6 heteroatoms. The van der Waals surface area contributed by atoms with Gasteiger partial charge in [-0.3, -0.25) is 0 Å². The van der Waals surface area contributed by atoms with Crippen LogP contribution in [-0.4, -0.2) is 36.1 Å². The molecular formula is C26H27ClN4S. The third-order valence-corrected chi connectivity index (χ3v) is 7.79. The zero-order chi connectivity index (χ0) is 22.2. The normalized spacial score (nSPS) is 14.4. The molecule has 1 aliphatic rings. The fraction of sp³-hybridized carbons (Fsp3) is 0.308. The number of fused-ring (bicyclic) bond motifs is 1. The highest BCUT2D eigenvalue weighted by Gasteiger charge is 2.25. The Morgan fingerprint density at radius 2 is 1.62 bits per heavy atom. The lowest BCUT2D eigenvalue weighted by Gasteiger charge is -2.37. The second kappa shape index (κ2) is 8.72. The van der Waals surface area contributed by atoms with E-state index in [-0.39, 0.29) is 0 Å². The monoisotopic (exact) mass is 462 g/mol. The van der Waals surface area contributed by atoms with Crippen LogP contribution in [-0.2, 0) is 6.42 Å². The summed E-state index contributed by atoms with van der Waals surface area (Å²) in [7, 11) is 0. The van der Waals surface area contributed by atoms with Gasteiger partial charge in [-0.05, 0) is 60.7 Å². The molecule has 0 spiro atoms. The molecule has 1 aliphatic heterocycles. The van der Waals surface area contributed by atoms with Gasteiger partial charge in [0.05, 0.1) is 5.39 Å². The Morgan fingerprint density at radius 1 is 0.906 bits per heavy atom. The van der Waals surface area contributed by atoms with E-state index in [0.717, 1.165) is 48.6 Å². The molecule has 2 aromatic heterocycles. The number of hydrogen-bond donors (Lipinski definition) is 0. The summed E-state index contributed by atoms with van der Waals surface area (Å²) in [6, 6.07) is 17.4. The summed E-state index contributed by atoms with van der Waals surface area (Å²) in [5.41, 5.74) is 6.40. The average molecular weight is 463 g/mol. The Morgan fingerprint density at radius 3 is 2.31 bits per heavy atom. The topological polar surface area (TPSA) is 32.3 Å². The zero-order valence-corrected chi connectivity index (χ0v) is 20.3. The molecule has 0 unspecified atom stereocenters. The first-order chi connectivity index (χ1) is 15.5. The molecule has 0 amide bonds. The minimum atomic E-state index is 0.327. The first-order valence-corrected chi connectivity index (χ1v) is 12.4. The highest BCUT2D eigenvalue weighted by atomic mass is 35.5. The second-order valence-electron chi connectivity index (χ2n) is 8.36. The van der Waals surface area contributed by atoms with Gasteiger partial charge >= 0.3 is 0 Å². The van der Waals surface area contributed by atoms with Crippen molar-refractivity contribution in [2.75, 3.05) is 36.0 Å². The van der Waals surface area contributed by atoms with Gasteiger partial charge < -0.3 is 9.80 Å². The standard InChI is InChI=1S/C26H27ClN4S/c1-4-21-22(19-11-10-17(2)18(3)16-19)23-24(28-26(27)29-25(23)32-21)31-14-12-30(13-15-31)20-8-6-5-7-9-20/h5-11,16H,4,12-15H2,1-3H3. The number of thiophene rings is 1. The SMILES string of the molecule is CCc1sc2nc(Cl)nc(N3CCN(c4ccccc4)CC3)c2c1-c1ccc(C)c(C)c1. The quantitative estimate of drug-likeness (QED) is 0.323. The van der Waals surface area contributed by atoms with Crippen molar-refractivity contribution in [3.8, 4) is 11.1 Å². The number of aromatic nitrogens is 2. The van der Waals surface area contributed by atoms with Crippen LogP contribution in [0.2, 0.25) is 5.28 Å². The third kappa shape index (κ3) is 3.84. The lowest BCUT2D eigenvalue weighted by molar-refractivity contribution is 0.649. The Bertz CT molecular complexity index is 1260. The summed E-state index contributed by atoms with van der Waals surface area (Å²) < 4.78 is 0. The molecule has 3 heterocycles. The van der Waals surface area contributed by atoms with E-state index in [9.17, 15) is 0 Å². The van der Waals surface area contributed by atoms with Gasteiger partial charge in [-0.2, -0.15) is 4.98 Å². The summed E-state index contributed by atoms with van der Waals surface area (Å²) in [5.74, 6) is 0.969. The molecule has 4 aromatic rings. The Kier molecular flexibility index (Phi) is 5.78. The summed E-state index contributed by atoms with van der Waals surface area (Å²) in [6.45, 7) is 10.3. The van der Waals surface area contributed by atoms with Gasteiger partial charge in [0.15, 0.2) is 0 Å². The van der Waals surface area contributed by atoms with Crippen molar-refractivity contribution in [2.45, 2.75) is 27.2 Å². The molecule has 5 rings (SSSR count). The molecular weight excluding hydrogens is 436 g/mol. The molecule has 0 atom stereocenters. The average Bonchev–Trinajstić information content (AvgIpc) is 3.19. The number of anilines is 2. The molecule has 2 aromatic carbocycles. The lowest BCUT2D eigenvalue weighted by Crippen LogP contribution is -2.47. The number of halogens is 1. The summed E-state index contributed by atoms with van der Waals surface area (Å²) in [6.07, 6.45) is 0.960. The van der Waals surface area contributed by atoms with E-state index >= 15 is 0 Å². The van der Waals surface area contributed by atoms with E-state index in [1.807, 2.05) is 0 Å². The fourth-order valence-electron chi connectivity index (χ4n) is 4.50. The highest BCUT2D eigenvalue weighted by molar-refractivity contribution is 7.19. The van der Waals surface area contributed by atoms with Crippen molar-refractivity contribution in [3.05, 3.63) is 69.8 Å². The zero-order valence-electron chi connectivity index (χ0n) is 18.7. The Labute approximate surface area is 198 Å². The van der Waals surface area contributed by atoms with Gasteiger partial charge in [-0.25, -0.2) is 4.98 Å². The number of aryl methyl sites for hydroxylation is 3. The van der Waals surface area contributed by atoms with Gasteiger partial charge in [0, 0.05) is 42.3 Å². The Hall–Kier alpha value is -2.63. The maximum atomic E-state index is 6.41. The molecule has 4 nitrogen and oxygen atoms in total. The third-order valence-electron chi connectivity index (χ3n) is 6.40. The van der Waals surface area contributed by atoms with Crippen LogP contribution in [0.15, 0.2) is 48.5 Å². The van der Waals surface area contributed by atoms with Crippen LogP contribution in [0.1, 0.15) is 22.9 Å². The van der Waals surface area contributed by atoms with E-state index in [2.05, 4.69) is 84.1 Å². The molecule has 32 heavy (non-hydrogen) atoms. The van der Waals surface area contributed by atoms with Crippen LogP contribution in [0.4, 0.5) is 11.5 Å². The highest BCUT2D eigenvalue weighted by Crippen LogP contribution is 2.43. The van der Waals surface area contributed by atoms with Crippen LogP contribution in [0.25, 0.3) is 21.3 Å². The summed E-state index contributed by atoms with van der Waals surface area (Å²) in [5, 5.41) is 1.47. The van der Waals surface area contributed by atoms with Gasteiger partial charge in [-0.15, -0.1) is 11.3 Å². The minimum absolute atomic E-state index is 0.327. The number of para-hydroxylation sites is 1. The van der Waals surface area contributed by atoms with Crippen molar-refractivity contribution in [1.82, 2.24) is 9.97 Å². The van der Waals surface area contributed by atoms with Crippen molar-refractivity contribution in [1.29, 1.82) is 0 Å². The number of benzene rings is 2. The molecule has 0 N–H and O–H groups in total. The van der Waals surface area contributed by atoms with Crippen LogP contribution >= 0.6 is 22.9 Å². The van der Waals surface area contributed by atoms with Gasteiger partial charge in [0.25, 0.3) is 0 Å². The van der Waals surface area contributed by atoms with E-state index in [4.69, 9.17) is 16.6 Å². The summed E-state index contributed by atoms with van der Waals surface area (Å²) >= 11 is 8.16. The minimum Gasteiger partial charge on any atom is -0.368 e. The maximum Gasteiger partial charge on any atom is 0.225 e. The van der Waals surface area contributed by atoms with Crippen molar-refractivity contribution < 1.29 is 0 Å². The largest absolute Gasteiger partial charge is 0.368 e. The van der Waals surface area contributed by atoms with Crippen molar-refractivity contribution in [3.63, 3.8) is 0 Å². The number of hydrogen-bond acceptors (Lipinski definition) is 5. The van der Waals surface area contributed by atoms with Crippen LogP contribution in [0, 0.1) is 13.8 Å². The molecule has 1 saturated heterocycles. The summed E-state index contributed by atoms with van der Waals surface area (Å²) in [4.78, 5) is 16.5. The molecule has 0 aliphatic carbocycles. The molecule has 1 fully saturated rings. The number of piperazine rings is 1. The van der Waals surface area contributed by atoms with Gasteiger partial charge in [0.2, 0.25) is 5.28 Å². The predicted octanol–water partition coefficient (Wildman–Crippen LogP) is 6.52. The van der Waals surface area contributed by atoms with Crippen molar-refractivity contribution >= 4 is 44.7 Å². The predicted molar refractivity (Wildman–Crippen MR) is 138 cm³/mol. The lowest BCUT2D eigenvalue weighted by atomic mass is 9.98.